The zero-order chi connectivity index (χ0) is 30.7. The SMILES string of the molecule is CC(C)(C)NCc1ccc2c(c1)CCC[C@H]2NC(=O)CC(NS(=O)(=O)c1cccc(C(F)(F)F)c1)c1ccc(F)cc1. The lowest BCUT2D eigenvalue weighted by Gasteiger charge is -2.28. The number of nitrogens with one attached hydrogen (secondary N) is 3. The maximum absolute atomic E-state index is 13.6. The van der Waals surface area contributed by atoms with Crippen molar-refractivity contribution in [2.75, 3.05) is 0 Å². The number of amides is 1. The Morgan fingerprint density at radius 3 is 2.38 bits per heavy atom. The summed E-state index contributed by atoms with van der Waals surface area (Å²) in [4.78, 5) is 12.7. The minimum atomic E-state index is -4.73. The molecule has 0 radical (unpaired) electrons. The van der Waals surface area contributed by atoms with E-state index in [1.807, 2.05) is 12.1 Å². The largest absolute Gasteiger partial charge is 0.416 e. The number of sulfonamides is 1. The Labute approximate surface area is 244 Å². The summed E-state index contributed by atoms with van der Waals surface area (Å²) in [6.07, 6.45) is -2.64. The molecule has 1 aliphatic carbocycles. The van der Waals surface area contributed by atoms with E-state index < -0.39 is 44.4 Å². The van der Waals surface area contributed by atoms with Crippen LogP contribution in [0.4, 0.5) is 17.6 Å². The van der Waals surface area contributed by atoms with Crippen molar-refractivity contribution in [2.45, 2.75) is 81.7 Å². The number of rotatable bonds is 9. The van der Waals surface area contributed by atoms with E-state index in [4.69, 9.17) is 0 Å². The van der Waals surface area contributed by atoms with Crippen LogP contribution in [0.3, 0.4) is 0 Å². The Morgan fingerprint density at radius 1 is 1.00 bits per heavy atom. The van der Waals surface area contributed by atoms with E-state index in [-0.39, 0.29) is 18.0 Å². The first-order chi connectivity index (χ1) is 19.6. The van der Waals surface area contributed by atoms with E-state index >= 15 is 0 Å². The van der Waals surface area contributed by atoms with Crippen LogP contribution in [0, 0.1) is 5.82 Å². The van der Waals surface area contributed by atoms with Crippen LogP contribution in [0.5, 0.6) is 0 Å². The van der Waals surface area contributed by atoms with E-state index in [0.717, 1.165) is 59.9 Å². The van der Waals surface area contributed by atoms with Gasteiger partial charge in [-0.1, -0.05) is 36.4 Å². The minimum Gasteiger partial charge on any atom is -0.349 e. The first-order valence-corrected chi connectivity index (χ1v) is 15.2. The van der Waals surface area contributed by atoms with Gasteiger partial charge in [0.2, 0.25) is 15.9 Å². The summed E-state index contributed by atoms with van der Waals surface area (Å²) in [6, 6.07) is 13.0. The lowest BCUT2D eigenvalue weighted by molar-refractivity contribution is -0.137. The highest BCUT2D eigenvalue weighted by Crippen LogP contribution is 2.33. The molecule has 0 heterocycles. The molecule has 0 fully saturated rings. The second-order valence-corrected chi connectivity index (χ2v) is 13.3. The summed E-state index contributed by atoms with van der Waals surface area (Å²) in [7, 11) is -4.48. The Morgan fingerprint density at radius 2 is 1.71 bits per heavy atom. The number of alkyl halides is 3. The van der Waals surface area contributed by atoms with Crippen LogP contribution < -0.4 is 15.4 Å². The normalized spacial score (nSPS) is 16.5. The van der Waals surface area contributed by atoms with Gasteiger partial charge in [0, 0.05) is 18.5 Å². The van der Waals surface area contributed by atoms with Gasteiger partial charge in [0.15, 0.2) is 0 Å². The van der Waals surface area contributed by atoms with Crippen molar-refractivity contribution in [2.24, 2.45) is 0 Å². The number of fused-ring (bicyclic) bond motifs is 1. The maximum Gasteiger partial charge on any atom is 0.416 e. The highest BCUT2D eigenvalue weighted by atomic mass is 32.2. The molecule has 4 rings (SSSR count). The Bertz CT molecular complexity index is 1520. The molecule has 3 N–H and O–H groups in total. The second kappa shape index (κ2) is 12.5. The summed E-state index contributed by atoms with van der Waals surface area (Å²) >= 11 is 0. The average molecular weight is 606 g/mol. The molecule has 6 nitrogen and oxygen atoms in total. The third-order valence-corrected chi connectivity index (χ3v) is 8.58. The van der Waals surface area contributed by atoms with Crippen LogP contribution in [0.25, 0.3) is 0 Å². The van der Waals surface area contributed by atoms with Gasteiger partial charge < -0.3 is 10.6 Å². The standard InChI is InChI=1S/C31H35F4N3O3S/c1-30(2,3)36-19-20-10-15-26-22(16-20)6-4-9-27(26)37-29(39)18-28(21-11-13-24(32)14-12-21)38-42(40,41)25-8-5-7-23(17-25)31(33,34)35/h5,7-8,10-17,27-28,36,38H,4,6,9,18-19H2,1-3H3,(H,37,39)/t27-,28?/m1/s1. The van der Waals surface area contributed by atoms with Crippen molar-refractivity contribution in [3.63, 3.8) is 0 Å². The van der Waals surface area contributed by atoms with Gasteiger partial charge in [0.05, 0.1) is 22.5 Å². The number of hydrogen-bond acceptors (Lipinski definition) is 4. The van der Waals surface area contributed by atoms with E-state index in [2.05, 4.69) is 42.2 Å². The van der Waals surface area contributed by atoms with Gasteiger partial charge in [-0.15, -0.1) is 0 Å². The Hall–Kier alpha value is -3.28. The molecule has 0 aromatic heterocycles. The molecule has 0 aliphatic heterocycles. The fourth-order valence-corrected chi connectivity index (χ4v) is 6.22. The number of carbonyl (C=O) groups excluding carboxylic acids is 1. The van der Waals surface area contributed by atoms with Gasteiger partial charge in [-0.05, 0) is 92.6 Å². The first-order valence-electron chi connectivity index (χ1n) is 13.7. The highest BCUT2D eigenvalue weighted by molar-refractivity contribution is 7.89. The predicted molar refractivity (Wildman–Crippen MR) is 152 cm³/mol. The van der Waals surface area contributed by atoms with Crippen molar-refractivity contribution in [3.05, 3.63) is 100 Å². The number of halogens is 4. The molecule has 0 saturated heterocycles. The summed E-state index contributed by atoms with van der Waals surface area (Å²) < 4.78 is 82.0. The number of hydrogen-bond donors (Lipinski definition) is 3. The monoisotopic (exact) mass is 605 g/mol. The summed E-state index contributed by atoms with van der Waals surface area (Å²) in [5.74, 6) is -1.01. The van der Waals surface area contributed by atoms with Crippen LogP contribution in [-0.4, -0.2) is 19.9 Å². The van der Waals surface area contributed by atoms with E-state index in [9.17, 15) is 30.8 Å². The topological polar surface area (TPSA) is 87.3 Å². The maximum atomic E-state index is 13.6. The molecule has 2 atom stereocenters. The van der Waals surface area contributed by atoms with Crippen LogP contribution in [0.1, 0.15) is 79.9 Å². The number of carbonyl (C=O) groups is 1. The number of benzene rings is 3. The molecule has 42 heavy (non-hydrogen) atoms. The van der Waals surface area contributed by atoms with Crippen LogP contribution in [0.15, 0.2) is 71.6 Å². The Balaban J connectivity index is 1.53. The lowest BCUT2D eigenvalue weighted by Crippen LogP contribution is -2.36. The summed E-state index contributed by atoms with van der Waals surface area (Å²) in [6.45, 7) is 6.99. The minimum absolute atomic E-state index is 0.0316. The van der Waals surface area contributed by atoms with E-state index in [1.165, 1.54) is 12.1 Å². The molecule has 3 aromatic rings. The summed E-state index contributed by atoms with van der Waals surface area (Å²) in [5.41, 5.74) is 2.42. The molecule has 0 spiro atoms. The quantitative estimate of drug-likeness (QED) is 0.249. The lowest BCUT2D eigenvalue weighted by atomic mass is 9.86. The van der Waals surface area contributed by atoms with Crippen molar-refractivity contribution < 1.29 is 30.8 Å². The fraction of sp³-hybridized carbons (Fsp3) is 0.387. The van der Waals surface area contributed by atoms with Crippen molar-refractivity contribution in [1.29, 1.82) is 0 Å². The third kappa shape index (κ3) is 8.39. The van der Waals surface area contributed by atoms with Crippen molar-refractivity contribution >= 4 is 15.9 Å². The highest BCUT2D eigenvalue weighted by Gasteiger charge is 2.33. The van der Waals surface area contributed by atoms with Gasteiger partial charge in [0.1, 0.15) is 5.82 Å². The molecule has 0 saturated carbocycles. The average Bonchev–Trinajstić information content (AvgIpc) is 2.91. The summed E-state index contributed by atoms with van der Waals surface area (Å²) in [5, 5.41) is 6.47. The van der Waals surface area contributed by atoms with Gasteiger partial charge in [-0.25, -0.2) is 17.5 Å². The zero-order valence-electron chi connectivity index (χ0n) is 23.7. The molecule has 226 valence electrons. The molecule has 11 heteroatoms. The molecule has 1 unspecified atom stereocenters. The van der Waals surface area contributed by atoms with Crippen LogP contribution >= 0.6 is 0 Å². The predicted octanol–water partition coefficient (Wildman–Crippen LogP) is 6.34. The Kier molecular flexibility index (Phi) is 9.44. The van der Waals surface area contributed by atoms with Crippen molar-refractivity contribution in [1.82, 2.24) is 15.4 Å². The van der Waals surface area contributed by atoms with Crippen LogP contribution in [-0.2, 0) is 34.0 Å². The van der Waals surface area contributed by atoms with Gasteiger partial charge >= 0.3 is 6.18 Å². The molecule has 1 amide bonds. The molecule has 1 aliphatic rings. The molecule has 0 bridgehead atoms. The molecular weight excluding hydrogens is 570 g/mol. The third-order valence-electron chi connectivity index (χ3n) is 7.11. The number of aryl methyl sites for hydroxylation is 1. The van der Waals surface area contributed by atoms with Crippen molar-refractivity contribution in [3.8, 4) is 0 Å². The van der Waals surface area contributed by atoms with Crippen LogP contribution in [0.2, 0.25) is 0 Å². The van der Waals surface area contributed by atoms with Gasteiger partial charge in [-0.3, -0.25) is 4.79 Å². The van der Waals surface area contributed by atoms with E-state index in [1.54, 1.807) is 0 Å². The molecular formula is C31H35F4N3O3S. The smallest absolute Gasteiger partial charge is 0.349 e. The van der Waals surface area contributed by atoms with Gasteiger partial charge in [0.25, 0.3) is 0 Å². The van der Waals surface area contributed by atoms with Gasteiger partial charge in [-0.2, -0.15) is 13.2 Å². The zero-order valence-corrected chi connectivity index (χ0v) is 24.5. The fourth-order valence-electron chi connectivity index (χ4n) is 4.95. The van der Waals surface area contributed by atoms with E-state index in [0.29, 0.717) is 24.6 Å². The first kappa shape index (κ1) is 31.7. The molecule has 3 aromatic carbocycles. The second-order valence-electron chi connectivity index (χ2n) is 11.6.